The van der Waals surface area contributed by atoms with Gasteiger partial charge >= 0.3 is 0 Å². The quantitative estimate of drug-likeness (QED) is 0.805. The standard InChI is InChI=1S/C22H35N3O2/c1-14(19-11-15-2-3-16(19)10-15)23-21(26)13-24-9-8-20-17(12-24)4-7-22(27)25(20)18-5-6-18/h14-20H,2-13H2,1H3,(H,23,26). The molecule has 0 aromatic rings. The fourth-order valence-electron chi connectivity index (χ4n) is 6.85. The van der Waals surface area contributed by atoms with Crippen molar-refractivity contribution in [1.29, 1.82) is 0 Å². The van der Waals surface area contributed by atoms with Gasteiger partial charge in [0, 0.05) is 37.6 Å². The molecule has 2 aliphatic heterocycles. The molecule has 2 amide bonds. The zero-order valence-corrected chi connectivity index (χ0v) is 16.7. The minimum absolute atomic E-state index is 0.203. The number of hydrogen-bond donors (Lipinski definition) is 1. The van der Waals surface area contributed by atoms with E-state index in [0.29, 0.717) is 48.8 Å². The first kappa shape index (κ1) is 18.0. The summed E-state index contributed by atoms with van der Waals surface area (Å²) >= 11 is 0. The maximum Gasteiger partial charge on any atom is 0.234 e. The third-order valence-electron chi connectivity index (χ3n) is 8.28. The summed E-state index contributed by atoms with van der Waals surface area (Å²) in [6, 6.07) is 1.29. The summed E-state index contributed by atoms with van der Waals surface area (Å²) in [6.45, 7) is 4.69. The summed E-state index contributed by atoms with van der Waals surface area (Å²) < 4.78 is 0. The molecule has 0 aromatic carbocycles. The second-order valence-corrected chi connectivity index (χ2v) is 10.1. The van der Waals surface area contributed by atoms with Gasteiger partial charge in [-0.1, -0.05) is 6.42 Å². The van der Waals surface area contributed by atoms with E-state index in [2.05, 4.69) is 22.0 Å². The summed E-state index contributed by atoms with van der Waals surface area (Å²) in [5.41, 5.74) is 0. The van der Waals surface area contributed by atoms with Gasteiger partial charge in [-0.2, -0.15) is 0 Å². The Morgan fingerprint density at radius 2 is 1.96 bits per heavy atom. The lowest BCUT2D eigenvalue weighted by molar-refractivity contribution is -0.142. The maximum absolute atomic E-state index is 12.7. The Kier molecular flexibility index (Phi) is 4.69. The summed E-state index contributed by atoms with van der Waals surface area (Å²) in [5, 5.41) is 3.32. The summed E-state index contributed by atoms with van der Waals surface area (Å²) in [4.78, 5) is 29.6. The molecule has 5 fully saturated rings. The number of nitrogens with zero attached hydrogens (tertiary/aromatic N) is 2. The highest BCUT2D eigenvalue weighted by molar-refractivity contribution is 5.79. The van der Waals surface area contributed by atoms with Gasteiger partial charge in [0.05, 0.1) is 6.54 Å². The van der Waals surface area contributed by atoms with Gasteiger partial charge in [0.1, 0.15) is 0 Å². The molecule has 2 bridgehead atoms. The van der Waals surface area contributed by atoms with Gasteiger partial charge in [0.15, 0.2) is 0 Å². The van der Waals surface area contributed by atoms with Crippen LogP contribution in [0, 0.1) is 23.7 Å². The van der Waals surface area contributed by atoms with Gasteiger partial charge in [-0.15, -0.1) is 0 Å². The molecule has 5 nitrogen and oxygen atoms in total. The highest BCUT2D eigenvalue weighted by atomic mass is 16.2. The van der Waals surface area contributed by atoms with Crippen molar-refractivity contribution in [3.63, 3.8) is 0 Å². The zero-order chi connectivity index (χ0) is 18.5. The molecule has 0 radical (unpaired) electrons. The molecule has 6 atom stereocenters. The van der Waals surface area contributed by atoms with E-state index in [1.807, 2.05) is 0 Å². The van der Waals surface area contributed by atoms with Crippen LogP contribution >= 0.6 is 0 Å². The van der Waals surface area contributed by atoms with E-state index in [4.69, 9.17) is 0 Å². The SMILES string of the molecule is CC(NC(=O)CN1CCC2C(CCC(=O)N2C2CC2)C1)C1CC2CCC1C2. The number of fused-ring (bicyclic) bond motifs is 3. The van der Waals surface area contributed by atoms with Crippen LogP contribution in [-0.2, 0) is 9.59 Å². The third-order valence-corrected chi connectivity index (χ3v) is 8.28. The zero-order valence-electron chi connectivity index (χ0n) is 16.7. The van der Waals surface area contributed by atoms with Crippen LogP contribution in [0.15, 0.2) is 0 Å². The normalized spacial score (nSPS) is 40.1. The van der Waals surface area contributed by atoms with Crippen LogP contribution in [0.1, 0.15) is 64.7 Å². The predicted octanol–water partition coefficient (Wildman–Crippen LogP) is 2.40. The number of rotatable bonds is 5. The Bertz CT molecular complexity index is 604. The van der Waals surface area contributed by atoms with Crippen molar-refractivity contribution >= 4 is 11.8 Å². The number of carbonyl (C=O) groups excluding carboxylic acids is 2. The fraction of sp³-hybridized carbons (Fsp3) is 0.909. The molecule has 150 valence electrons. The lowest BCUT2D eigenvalue weighted by atomic mass is 9.83. The van der Waals surface area contributed by atoms with E-state index >= 15 is 0 Å². The molecule has 5 aliphatic rings. The van der Waals surface area contributed by atoms with Crippen molar-refractivity contribution in [1.82, 2.24) is 15.1 Å². The van der Waals surface area contributed by atoms with Crippen molar-refractivity contribution in [2.24, 2.45) is 23.7 Å². The Hall–Kier alpha value is -1.10. The Morgan fingerprint density at radius 3 is 2.67 bits per heavy atom. The molecule has 5 heteroatoms. The van der Waals surface area contributed by atoms with E-state index in [1.54, 1.807) is 0 Å². The van der Waals surface area contributed by atoms with Crippen molar-refractivity contribution in [2.45, 2.75) is 82.8 Å². The summed E-state index contributed by atoms with van der Waals surface area (Å²) in [5.74, 6) is 3.64. The minimum Gasteiger partial charge on any atom is -0.352 e. The van der Waals surface area contributed by atoms with Crippen LogP contribution in [0.5, 0.6) is 0 Å². The van der Waals surface area contributed by atoms with E-state index in [-0.39, 0.29) is 5.91 Å². The lowest BCUT2D eigenvalue weighted by Crippen LogP contribution is -2.57. The molecule has 0 spiro atoms. The number of carbonyl (C=O) groups is 2. The first-order valence-electron chi connectivity index (χ1n) is 11.4. The van der Waals surface area contributed by atoms with Crippen molar-refractivity contribution in [3.05, 3.63) is 0 Å². The first-order chi connectivity index (χ1) is 13.1. The highest BCUT2D eigenvalue weighted by Gasteiger charge is 2.45. The topological polar surface area (TPSA) is 52.7 Å². The summed E-state index contributed by atoms with van der Waals surface area (Å²) in [6.07, 6.45) is 10.7. The van der Waals surface area contributed by atoms with Gasteiger partial charge < -0.3 is 10.2 Å². The lowest BCUT2D eigenvalue weighted by Gasteiger charge is -2.47. The van der Waals surface area contributed by atoms with Crippen LogP contribution in [0.3, 0.4) is 0 Å². The van der Waals surface area contributed by atoms with Gasteiger partial charge in [-0.05, 0) is 75.5 Å². The Labute approximate surface area is 163 Å². The number of nitrogens with one attached hydrogen (secondary N) is 1. The molecule has 5 rings (SSSR count). The number of piperidine rings is 2. The van der Waals surface area contributed by atoms with Crippen LogP contribution < -0.4 is 5.32 Å². The molecular weight excluding hydrogens is 338 g/mol. The second-order valence-electron chi connectivity index (χ2n) is 10.1. The van der Waals surface area contributed by atoms with E-state index in [1.165, 1.54) is 38.5 Å². The second kappa shape index (κ2) is 7.06. The monoisotopic (exact) mass is 373 g/mol. The molecule has 2 saturated heterocycles. The Morgan fingerprint density at radius 1 is 1.11 bits per heavy atom. The van der Waals surface area contributed by atoms with Crippen LogP contribution in [0.4, 0.5) is 0 Å². The van der Waals surface area contributed by atoms with E-state index in [9.17, 15) is 9.59 Å². The van der Waals surface area contributed by atoms with Gasteiger partial charge in [-0.3, -0.25) is 14.5 Å². The van der Waals surface area contributed by atoms with Crippen molar-refractivity contribution < 1.29 is 9.59 Å². The van der Waals surface area contributed by atoms with Gasteiger partial charge in [-0.25, -0.2) is 0 Å². The van der Waals surface area contributed by atoms with Crippen LogP contribution in [0.25, 0.3) is 0 Å². The third kappa shape index (κ3) is 3.52. The van der Waals surface area contributed by atoms with E-state index in [0.717, 1.165) is 37.8 Å². The predicted molar refractivity (Wildman–Crippen MR) is 104 cm³/mol. The van der Waals surface area contributed by atoms with Crippen molar-refractivity contribution in [3.8, 4) is 0 Å². The number of amides is 2. The molecule has 0 aromatic heterocycles. The summed E-state index contributed by atoms with van der Waals surface area (Å²) in [7, 11) is 0. The molecule has 6 unspecified atom stereocenters. The maximum atomic E-state index is 12.7. The number of likely N-dealkylation sites (tertiary alicyclic amines) is 2. The van der Waals surface area contributed by atoms with Crippen molar-refractivity contribution in [2.75, 3.05) is 19.6 Å². The molecule has 3 aliphatic carbocycles. The largest absolute Gasteiger partial charge is 0.352 e. The fourth-order valence-corrected chi connectivity index (χ4v) is 6.85. The number of hydrogen-bond acceptors (Lipinski definition) is 3. The van der Waals surface area contributed by atoms with Gasteiger partial charge in [0.25, 0.3) is 0 Å². The molecule has 3 saturated carbocycles. The van der Waals surface area contributed by atoms with Crippen LogP contribution in [0.2, 0.25) is 0 Å². The highest BCUT2D eigenvalue weighted by Crippen LogP contribution is 2.49. The Balaban J connectivity index is 1.12. The smallest absolute Gasteiger partial charge is 0.234 e. The molecule has 1 N–H and O–H groups in total. The first-order valence-corrected chi connectivity index (χ1v) is 11.4. The van der Waals surface area contributed by atoms with Crippen LogP contribution in [-0.4, -0.2) is 59.4 Å². The molecule has 27 heavy (non-hydrogen) atoms. The average molecular weight is 374 g/mol. The van der Waals surface area contributed by atoms with Gasteiger partial charge in [0.2, 0.25) is 11.8 Å². The average Bonchev–Trinajstić information content (AvgIpc) is 3.25. The minimum atomic E-state index is 0.203. The van der Waals surface area contributed by atoms with E-state index < -0.39 is 0 Å². The molecular formula is C22H35N3O2. The molecule has 2 heterocycles.